The molecule has 7 nitrogen and oxygen atoms in total. The van der Waals surface area contributed by atoms with Crippen LogP contribution in [0.5, 0.6) is 5.75 Å². The smallest absolute Gasteiger partial charge is 0.229 e. The average molecular weight is 408 g/mol. The number of nitrogens with one attached hydrogen (secondary N) is 1. The zero-order valence-corrected chi connectivity index (χ0v) is 16.8. The van der Waals surface area contributed by atoms with Crippen molar-refractivity contribution in [1.29, 1.82) is 0 Å². The van der Waals surface area contributed by atoms with E-state index in [1.165, 1.54) is 0 Å². The summed E-state index contributed by atoms with van der Waals surface area (Å²) in [4.78, 5) is 9.37. The van der Waals surface area contributed by atoms with Gasteiger partial charge in [-0.25, -0.2) is 9.19 Å². The minimum absolute atomic E-state index is 0.124. The highest BCUT2D eigenvalue weighted by Gasteiger charge is 2.09. The van der Waals surface area contributed by atoms with E-state index in [1.807, 2.05) is 54.9 Å². The van der Waals surface area contributed by atoms with E-state index in [2.05, 4.69) is 15.3 Å². The molecule has 0 radical (unpaired) electrons. The van der Waals surface area contributed by atoms with Crippen LogP contribution in [-0.4, -0.2) is 29.4 Å². The molecule has 0 bridgehead atoms. The molecule has 1 atom stereocenters. The first-order valence-electron chi connectivity index (χ1n) is 9.09. The lowest BCUT2D eigenvalue weighted by Gasteiger charge is -2.11. The summed E-state index contributed by atoms with van der Waals surface area (Å²) >= 11 is -2.00. The molecule has 1 unspecified atom stereocenters. The van der Waals surface area contributed by atoms with E-state index in [4.69, 9.17) is 4.74 Å². The predicted molar refractivity (Wildman–Crippen MR) is 113 cm³/mol. The number of hydrogen-bond acceptors (Lipinski definition) is 5. The molecule has 0 spiro atoms. The van der Waals surface area contributed by atoms with Gasteiger partial charge in [-0.3, -0.25) is 0 Å². The second-order valence-electron chi connectivity index (χ2n) is 6.72. The Labute approximate surface area is 170 Å². The quantitative estimate of drug-likeness (QED) is 0.456. The molecule has 29 heavy (non-hydrogen) atoms. The molecule has 2 N–H and O–H groups in total. The standard InChI is InChI=1S/C21H20N4O3S/c1-14(2)28-18-7-3-16(4-8-18)23-21-22-13-15-11-12-25(20(15)24-21)17-5-9-19(10-6-17)29(26)27/h3-14H,1-2H3,(H,26,27)(H,22,23,24). The highest BCUT2D eigenvalue weighted by molar-refractivity contribution is 7.79. The van der Waals surface area contributed by atoms with Gasteiger partial charge in [-0.15, -0.1) is 0 Å². The van der Waals surface area contributed by atoms with Crippen LogP contribution in [0.3, 0.4) is 0 Å². The van der Waals surface area contributed by atoms with Crippen LogP contribution in [0.2, 0.25) is 0 Å². The first kappa shape index (κ1) is 19.1. The Morgan fingerprint density at radius 1 is 1.07 bits per heavy atom. The molecule has 4 rings (SSSR count). The van der Waals surface area contributed by atoms with Gasteiger partial charge in [-0.1, -0.05) is 0 Å². The molecule has 0 fully saturated rings. The van der Waals surface area contributed by atoms with E-state index < -0.39 is 11.1 Å². The Hall–Kier alpha value is -3.23. The molecule has 148 valence electrons. The molecule has 0 aliphatic heterocycles. The molecule has 2 aromatic carbocycles. The Kier molecular flexibility index (Phi) is 5.28. The topological polar surface area (TPSA) is 89.3 Å². The molecule has 8 heteroatoms. The zero-order chi connectivity index (χ0) is 20.4. The Balaban J connectivity index is 1.60. The van der Waals surface area contributed by atoms with E-state index >= 15 is 0 Å². The van der Waals surface area contributed by atoms with Crippen molar-refractivity contribution >= 4 is 33.7 Å². The molecule has 2 aromatic heterocycles. The lowest BCUT2D eigenvalue weighted by Crippen LogP contribution is -2.05. The molecular formula is C21H20N4O3S. The van der Waals surface area contributed by atoms with Crippen molar-refractivity contribution in [1.82, 2.24) is 14.5 Å². The molecule has 0 amide bonds. The first-order valence-corrected chi connectivity index (χ1v) is 10.2. The lowest BCUT2D eigenvalue weighted by atomic mass is 10.3. The van der Waals surface area contributed by atoms with Gasteiger partial charge in [0, 0.05) is 29.2 Å². The van der Waals surface area contributed by atoms with Gasteiger partial charge in [0.1, 0.15) is 11.4 Å². The molecule has 2 heterocycles. The van der Waals surface area contributed by atoms with Crippen LogP contribution in [0, 0.1) is 0 Å². The van der Waals surface area contributed by atoms with Gasteiger partial charge < -0.3 is 19.2 Å². The van der Waals surface area contributed by atoms with Gasteiger partial charge in [0.05, 0.1) is 11.0 Å². The second kappa shape index (κ2) is 8.02. The number of aromatic nitrogens is 3. The van der Waals surface area contributed by atoms with Crippen LogP contribution in [0.4, 0.5) is 11.6 Å². The summed E-state index contributed by atoms with van der Waals surface area (Å²) in [6.07, 6.45) is 3.78. The number of ether oxygens (including phenoxy) is 1. The molecule has 0 aliphatic carbocycles. The van der Waals surface area contributed by atoms with Gasteiger partial charge in [0.25, 0.3) is 0 Å². The fourth-order valence-corrected chi connectivity index (χ4v) is 3.30. The number of benzene rings is 2. The van der Waals surface area contributed by atoms with E-state index in [-0.39, 0.29) is 6.10 Å². The van der Waals surface area contributed by atoms with E-state index in [9.17, 15) is 8.76 Å². The Bertz CT molecular complexity index is 1150. The minimum atomic E-state index is -2.00. The van der Waals surface area contributed by atoms with Crippen LogP contribution in [0.1, 0.15) is 13.8 Å². The largest absolute Gasteiger partial charge is 0.491 e. The van der Waals surface area contributed by atoms with Gasteiger partial charge >= 0.3 is 0 Å². The Morgan fingerprint density at radius 2 is 1.79 bits per heavy atom. The zero-order valence-electron chi connectivity index (χ0n) is 15.9. The van der Waals surface area contributed by atoms with Gasteiger partial charge in [0.2, 0.25) is 5.95 Å². The van der Waals surface area contributed by atoms with E-state index in [0.717, 1.165) is 28.2 Å². The van der Waals surface area contributed by atoms with Crippen molar-refractivity contribution in [3.8, 4) is 11.4 Å². The normalized spacial score (nSPS) is 12.3. The van der Waals surface area contributed by atoms with Crippen LogP contribution >= 0.6 is 0 Å². The summed E-state index contributed by atoms with van der Waals surface area (Å²) in [5.41, 5.74) is 2.43. The van der Waals surface area contributed by atoms with E-state index in [1.54, 1.807) is 30.5 Å². The summed E-state index contributed by atoms with van der Waals surface area (Å²) in [5, 5.41) is 4.10. The number of hydrogen-bond donors (Lipinski definition) is 2. The van der Waals surface area contributed by atoms with Crippen molar-refractivity contribution in [2.45, 2.75) is 24.8 Å². The molecule has 4 aromatic rings. The summed E-state index contributed by atoms with van der Waals surface area (Å²) in [6.45, 7) is 3.97. The maximum Gasteiger partial charge on any atom is 0.229 e. The second-order valence-corrected chi connectivity index (χ2v) is 7.69. The highest BCUT2D eigenvalue weighted by Crippen LogP contribution is 2.23. The number of nitrogens with zero attached hydrogens (tertiary/aromatic N) is 3. The predicted octanol–water partition coefficient (Wildman–Crippen LogP) is 4.53. The number of rotatable bonds is 6. The molecule has 0 aliphatic rings. The fraction of sp³-hybridized carbons (Fsp3) is 0.143. The van der Waals surface area contributed by atoms with Crippen LogP contribution in [-0.2, 0) is 11.1 Å². The first-order chi connectivity index (χ1) is 14.0. The maximum absolute atomic E-state index is 11.2. The summed E-state index contributed by atoms with van der Waals surface area (Å²) < 4.78 is 27.9. The number of anilines is 2. The third kappa shape index (κ3) is 4.28. The van der Waals surface area contributed by atoms with E-state index in [0.29, 0.717) is 10.8 Å². The minimum Gasteiger partial charge on any atom is -0.491 e. The monoisotopic (exact) mass is 408 g/mol. The summed E-state index contributed by atoms with van der Waals surface area (Å²) in [6, 6.07) is 16.4. The number of fused-ring (bicyclic) bond motifs is 1. The van der Waals surface area contributed by atoms with Gasteiger partial charge in [0.15, 0.2) is 11.1 Å². The van der Waals surface area contributed by atoms with Crippen LogP contribution < -0.4 is 10.1 Å². The third-order valence-electron chi connectivity index (χ3n) is 4.23. The average Bonchev–Trinajstić information content (AvgIpc) is 3.12. The van der Waals surface area contributed by atoms with Crippen molar-refractivity contribution in [3.05, 3.63) is 67.0 Å². The van der Waals surface area contributed by atoms with Gasteiger partial charge in [-0.2, -0.15) is 4.98 Å². The van der Waals surface area contributed by atoms with Gasteiger partial charge in [-0.05, 0) is 68.4 Å². The maximum atomic E-state index is 11.2. The van der Waals surface area contributed by atoms with Crippen molar-refractivity contribution in [3.63, 3.8) is 0 Å². The summed E-state index contributed by atoms with van der Waals surface area (Å²) in [5.74, 6) is 1.28. The lowest BCUT2D eigenvalue weighted by molar-refractivity contribution is 0.242. The fourth-order valence-electron chi connectivity index (χ4n) is 2.93. The highest BCUT2D eigenvalue weighted by atomic mass is 32.2. The van der Waals surface area contributed by atoms with Crippen molar-refractivity contribution in [2.24, 2.45) is 0 Å². The van der Waals surface area contributed by atoms with Crippen molar-refractivity contribution in [2.75, 3.05) is 5.32 Å². The molecular weight excluding hydrogens is 388 g/mol. The SMILES string of the molecule is CC(C)Oc1ccc(Nc2ncc3ccn(-c4ccc(S(=O)O)cc4)c3n2)cc1. The van der Waals surface area contributed by atoms with Crippen LogP contribution in [0.15, 0.2) is 71.9 Å². The Morgan fingerprint density at radius 3 is 2.45 bits per heavy atom. The molecule has 0 saturated carbocycles. The molecule has 0 saturated heterocycles. The summed E-state index contributed by atoms with van der Waals surface area (Å²) in [7, 11) is 0. The third-order valence-corrected chi connectivity index (χ3v) is 4.90. The van der Waals surface area contributed by atoms with Crippen LogP contribution in [0.25, 0.3) is 16.7 Å². The van der Waals surface area contributed by atoms with Crippen molar-refractivity contribution < 1.29 is 13.5 Å².